The van der Waals surface area contributed by atoms with Crippen LogP contribution < -0.4 is 0 Å². The number of carbonyl (C=O) groups excluding carboxylic acids is 1. The molecule has 280 valence electrons. The molecule has 0 aromatic carbocycles. The molecule has 0 spiro atoms. The van der Waals surface area contributed by atoms with Crippen LogP contribution in [0.2, 0.25) is 0 Å². The minimum atomic E-state index is 0.0195. The first-order chi connectivity index (χ1) is 23.8. The van der Waals surface area contributed by atoms with Crippen LogP contribution in [0.25, 0.3) is 0 Å². The van der Waals surface area contributed by atoms with Crippen LogP contribution in [0.1, 0.15) is 245 Å². The van der Waals surface area contributed by atoms with E-state index in [1.807, 2.05) is 0 Å². The second-order valence-corrected chi connectivity index (χ2v) is 15.2. The molecule has 0 aromatic heterocycles. The molecule has 0 bridgehead atoms. The van der Waals surface area contributed by atoms with E-state index >= 15 is 0 Å². The van der Waals surface area contributed by atoms with Gasteiger partial charge >= 0.3 is 5.97 Å². The molecule has 1 atom stereocenters. The highest BCUT2D eigenvalue weighted by Gasteiger charge is 2.36. The third kappa shape index (κ3) is 29.6. The summed E-state index contributed by atoms with van der Waals surface area (Å²) < 4.78 is 5.40. The maximum Gasteiger partial charge on any atom is 0.321 e. The molecule has 2 nitrogen and oxygen atoms in total. The van der Waals surface area contributed by atoms with Gasteiger partial charge in [-0.05, 0) is 63.9 Å². The predicted octanol–water partition coefficient (Wildman–Crippen LogP) is 16.2. The van der Waals surface area contributed by atoms with Crippen molar-refractivity contribution < 1.29 is 9.53 Å². The Hall–Kier alpha value is -1.31. The molecule has 0 aromatic rings. The summed E-state index contributed by atoms with van der Waals surface area (Å²) in [5, 5.41) is 0. The van der Waals surface area contributed by atoms with E-state index in [-0.39, 0.29) is 11.9 Å². The van der Waals surface area contributed by atoms with E-state index in [2.05, 4.69) is 44.2 Å². The Kier molecular flexibility index (Phi) is 34.4. The summed E-state index contributed by atoms with van der Waals surface area (Å²) in [5.41, 5.74) is 0. The Labute approximate surface area is 301 Å². The SMILES string of the molecule is CCCC/C=C/CCCCCCCCCCCCCCC/C=C1/OC(=O)C1CCCCCCCCCCCCCCC/C=C/CCCC. The van der Waals surface area contributed by atoms with Crippen LogP contribution in [0.4, 0.5) is 0 Å². The molecule has 1 aliphatic heterocycles. The molecule has 0 radical (unpaired) electrons. The van der Waals surface area contributed by atoms with E-state index in [4.69, 9.17) is 4.74 Å². The minimum absolute atomic E-state index is 0.0195. The fourth-order valence-corrected chi connectivity index (χ4v) is 7.03. The van der Waals surface area contributed by atoms with Crippen molar-refractivity contribution in [2.75, 3.05) is 0 Å². The minimum Gasteiger partial charge on any atom is -0.430 e. The second kappa shape index (κ2) is 37.0. The number of esters is 1. The van der Waals surface area contributed by atoms with Crippen molar-refractivity contribution in [3.63, 3.8) is 0 Å². The number of ether oxygens (including phenoxy) is 1. The number of unbranched alkanes of at least 4 members (excludes halogenated alkanes) is 31. The standard InChI is InChI=1S/C46H84O2/c1-3-5-7-9-11-13-15-17-19-21-23-25-27-29-31-33-35-37-39-41-43-45-44(46(47)48-45)42-40-38-36-34-32-30-28-26-24-22-20-18-16-14-12-10-8-6-4-2/h9-12,43-44H,3-8,13-42H2,1-2H3/b11-9+,12-10+,45-43+. The van der Waals surface area contributed by atoms with Gasteiger partial charge in [0, 0.05) is 0 Å². The highest BCUT2D eigenvalue weighted by molar-refractivity contribution is 5.82. The maximum absolute atomic E-state index is 12.0. The molecule has 1 saturated heterocycles. The van der Waals surface area contributed by atoms with E-state index < -0.39 is 0 Å². The molecule has 0 aliphatic carbocycles. The van der Waals surface area contributed by atoms with Gasteiger partial charge in [-0.1, -0.05) is 212 Å². The smallest absolute Gasteiger partial charge is 0.321 e. The van der Waals surface area contributed by atoms with Crippen LogP contribution in [-0.4, -0.2) is 5.97 Å². The largest absolute Gasteiger partial charge is 0.430 e. The summed E-state index contributed by atoms with van der Waals surface area (Å²) >= 11 is 0. The van der Waals surface area contributed by atoms with Crippen LogP contribution in [0.5, 0.6) is 0 Å². The lowest BCUT2D eigenvalue weighted by Crippen LogP contribution is -2.32. The quantitative estimate of drug-likeness (QED) is 0.0372. The van der Waals surface area contributed by atoms with Gasteiger partial charge in [0.1, 0.15) is 11.7 Å². The Bertz CT molecular complexity index is 762. The van der Waals surface area contributed by atoms with Gasteiger partial charge in [-0.2, -0.15) is 0 Å². The summed E-state index contributed by atoms with van der Waals surface area (Å²) in [5.74, 6) is 1.08. The van der Waals surface area contributed by atoms with Crippen molar-refractivity contribution in [1.29, 1.82) is 0 Å². The van der Waals surface area contributed by atoms with E-state index in [1.165, 1.54) is 218 Å². The highest BCUT2D eigenvalue weighted by atomic mass is 16.6. The van der Waals surface area contributed by atoms with Crippen molar-refractivity contribution in [2.24, 2.45) is 5.92 Å². The average molecular weight is 669 g/mol. The topological polar surface area (TPSA) is 26.3 Å². The van der Waals surface area contributed by atoms with Gasteiger partial charge in [-0.15, -0.1) is 0 Å². The Morgan fingerprint density at radius 3 is 1.02 bits per heavy atom. The van der Waals surface area contributed by atoms with Gasteiger partial charge in [-0.3, -0.25) is 4.79 Å². The lowest BCUT2D eigenvalue weighted by molar-refractivity contribution is -0.157. The second-order valence-electron chi connectivity index (χ2n) is 15.2. The normalized spacial score (nSPS) is 15.7. The zero-order valence-electron chi connectivity index (χ0n) is 32.7. The molecule has 1 heterocycles. The first-order valence-electron chi connectivity index (χ1n) is 22.0. The summed E-state index contributed by atoms with van der Waals surface area (Å²) in [6, 6.07) is 0. The van der Waals surface area contributed by atoms with Crippen molar-refractivity contribution in [2.45, 2.75) is 245 Å². The Morgan fingerprint density at radius 2 is 0.688 bits per heavy atom. The van der Waals surface area contributed by atoms with Gasteiger partial charge in [0.05, 0.1) is 0 Å². The van der Waals surface area contributed by atoms with E-state index in [0.717, 1.165) is 18.6 Å². The number of hydrogen-bond donors (Lipinski definition) is 0. The molecule has 1 aliphatic rings. The molecule has 48 heavy (non-hydrogen) atoms. The number of rotatable bonds is 38. The van der Waals surface area contributed by atoms with Crippen LogP contribution >= 0.6 is 0 Å². The first-order valence-corrected chi connectivity index (χ1v) is 22.0. The fourth-order valence-electron chi connectivity index (χ4n) is 7.03. The van der Waals surface area contributed by atoms with Gasteiger partial charge in [0.2, 0.25) is 0 Å². The lowest BCUT2D eigenvalue weighted by Gasteiger charge is -2.28. The van der Waals surface area contributed by atoms with E-state index in [1.54, 1.807) is 0 Å². The summed E-state index contributed by atoms with van der Waals surface area (Å²) in [6.45, 7) is 4.53. The number of carbonyl (C=O) groups is 1. The molecule has 1 rings (SSSR count). The van der Waals surface area contributed by atoms with E-state index in [0.29, 0.717) is 0 Å². The molecule has 0 saturated carbocycles. The monoisotopic (exact) mass is 669 g/mol. The molecular formula is C46H84O2. The highest BCUT2D eigenvalue weighted by Crippen LogP contribution is 2.32. The summed E-state index contributed by atoms with van der Waals surface area (Å²) in [4.78, 5) is 12.0. The first kappa shape index (κ1) is 44.7. The van der Waals surface area contributed by atoms with Gasteiger partial charge in [-0.25, -0.2) is 0 Å². The predicted molar refractivity (Wildman–Crippen MR) is 214 cm³/mol. The molecule has 1 unspecified atom stereocenters. The molecular weight excluding hydrogens is 585 g/mol. The maximum atomic E-state index is 12.0. The summed E-state index contributed by atoms with van der Waals surface area (Å²) in [6.07, 6.45) is 60.2. The van der Waals surface area contributed by atoms with Crippen molar-refractivity contribution >= 4 is 5.97 Å². The van der Waals surface area contributed by atoms with Crippen LogP contribution in [0.3, 0.4) is 0 Å². The van der Waals surface area contributed by atoms with Crippen LogP contribution in [0.15, 0.2) is 36.1 Å². The van der Waals surface area contributed by atoms with Gasteiger partial charge in [0.25, 0.3) is 0 Å². The van der Waals surface area contributed by atoms with E-state index in [9.17, 15) is 4.79 Å². The van der Waals surface area contributed by atoms with Crippen molar-refractivity contribution in [3.8, 4) is 0 Å². The molecule has 2 heteroatoms. The Balaban J connectivity index is 1.81. The van der Waals surface area contributed by atoms with Crippen LogP contribution in [0, 0.1) is 5.92 Å². The number of cyclic esters (lactones) is 1. The molecule has 1 fully saturated rings. The van der Waals surface area contributed by atoms with Crippen molar-refractivity contribution in [3.05, 3.63) is 36.1 Å². The third-order valence-electron chi connectivity index (χ3n) is 10.4. The van der Waals surface area contributed by atoms with Crippen molar-refractivity contribution in [1.82, 2.24) is 0 Å². The fraction of sp³-hybridized carbons (Fsp3) is 0.848. The molecule has 0 amide bonds. The zero-order chi connectivity index (χ0) is 34.4. The molecule has 0 N–H and O–H groups in total. The third-order valence-corrected chi connectivity index (χ3v) is 10.4. The Morgan fingerprint density at radius 1 is 0.396 bits per heavy atom. The zero-order valence-corrected chi connectivity index (χ0v) is 32.7. The number of allylic oxidation sites excluding steroid dienone is 5. The summed E-state index contributed by atoms with van der Waals surface area (Å²) in [7, 11) is 0. The van der Waals surface area contributed by atoms with Crippen LogP contribution in [-0.2, 0) is 9.53 Å². The van der Waals surface area contributed by atoms with Gasteiger partial charge < -0.3 is 4.74 Å². The van der Waals surface area contributed by atoms with Gasteiger partial charge in [0.15, 0.2) is 0 Å². The lowest BCUT2D eigenvalue weighted by atomic mass is 9.93. The number of hydrogen-bond acceptors (Lipinski definition) is 2. The average Bonchev–Trinajstić information content (AvgIpc) is 3.09.